The zero-order valence-corrected chi connectivity index (χ0v) is 10.0. The number of amides is 1. The first kappa shape index (κ1) is 12.6. The Bertz CT molecular complexity index is 628. The van der Waals surface area contributed by atoms with E-state index in [1.807, 2.05) is 0 Å². The lowest BCUT2D eigenvalue weighted by molar-refractivity contribution is -0.385. The van der Waals surface area contributed by atoms with Gasteiger partial charge in [0, 0.05) is 29.6 Å². The third kappa shape index (κ3) is 2.89. The molecule has 0 unspecified atom stereocenters. The molecule has 2 rings (SSSR count). The summed E-state index contributed by atoms with van der Waals surface area (Å²) < 4.78 is 0. The van der Waals surface area contributed by atoms with E-state index in [9.17, 15) is 14.9 Å². The van der Waals surface area contributed by atoms with E-state index in [1.165, 1.54) is 30.6 Å². The van der Waals surface area contributed by atoms with E-state index in [0.29, 0.717) is 11.1 Å². The first-order valence-corrected chi connectivity index (χ1v) is 5.41. The Morgan fingerprint density at radius 3 is 2.58 bits per heavy atom. The molecule has 96 valence electrons. The summed E-state index contributed by atoms with van der Waals surface area (Å²) in [7, 11) is 0. The molecule has 1 heterocycles. The zero-order chi connectivity index (χ0) is 13.8. The number of nitro groups is 1. The van der Waals surface area contributed by atoms with Gasteiger partial charge >= 0.3 is 0 Å². The second-order valence-electron chi connectivity index (χ2n) is 3.78. The number of aryl methyl sites for hydroxylation is 1. The fourth-order valence-electron chi connectivity index (χ4n) is 1.54. The smallest absolute Gasteiger partial charge is 0.272 e. The van der Waals surface area contributed by atoms with Crippen molar-refractivity contribution in [3.05, 3.63) is 57.9 Å². The van der Waals surface area contributed by atoms with Crippen molar-refractivity contribution in [2.24, 2.45) is 0 Å². The molecule has 7 heteroatoms. The van der Waals surface area contributed by atoms with Crippen LogP contribution in [-0.4, -0.2) is 20.8 Å². The molecular weight excluding hydrogens is 248 g/mol. The molecule has 1 aromatic heterocycles. The van der Waals surface area contributed by atoms with Crippen LogP contribution in [0, 0.1) is 17.0 Å². The molecule has 0 radical (unpaired) electrons. The van der Waals surface area contributed by atoms with Gasteiger partial charge in [-0.25, -0.2) is 9.97 Å². The predicted molar refractivity (Wildman–Crippen MR) is 67.8 cm³/mol. The maximum Gasteiger partial charge on any atom is 0.272 e. The summed E-state index contributed by atoms with van der Waals surface area (Å²) in [6.45, 7) is 1.58. The van der Waals surface area contributed by atoms with Crippen molar-refractivity contribution in [2.45, 2.75) is 6.92 Å². The molecule has 0 aliphatic rings. The Morgan fingerprint density at radius 2 is 2.00 bits per heavy atom. The van der Waals surface area contributed by atoms with Gasteiger partial charge in [-0.2, -0.15) is 0 Å². The van der Waals surface area contributed by atoms with Crippen molar-refractivity contribution in [1.29, 1.82) is 0 Å². The van der Waals surface area contributed by atoms with E-state index >= 15 is 0 Å². The van der Waals surface area contributed by atoms with E-state index in [4.69, 9.17) is 0 Å². The molecule has 1 amide bonds. The number of nitrogens with one attached hydrogen (secondary N) is 1. The van der Waals surface area contributed by atoms with Crippen LogP contribution >= 0.6 is 0 Å². The van der Waals surface area contributed by atoms with Crippen LogP contribution in [0.15, 0.2) is 36.7 Å². The number of aromatic nitrogens is 2. The minimum absolute atomic E-state index is 0.0208. The maximum atomic E-state index is 11.9. The summed E-state index contributed by atoms with van der Waals surface area (Å²) in [5, 5.41) is 13.2. The van der Waals surface area contributed by atoms with Gasteiger partial charge < -0.3 is 0 Å². The second kappa shape index (κ2) is 5.21. The molecule has 7 nitrogen and oxygen atoms in total. The van der Waals surface area contributed by atoms with Crippen LogP contribution in [0.1, 0.15) is 15.9 Å². The standard InChI is InChI=1S/C12H10N4O3/c1-8-7-9(3-4-10(8)16(18)19)11(17)15-12-13-5-2-6-14-12/h2-7H,1H3,(H,13,14,15,17). The van der Waals surface area contributed by atoms with Gasteiger partial charge in [0.2, 0.25) is 5.95 Å². The number of rotatable bonds is 3. The SMILES string of the molecule is Cc1cc(C(=O)Nc2ncccn2)ccc1[N+](=O)[O-]. The highest BCUT2D eigenvalue weighted by molar-refractivity contribution is 6.03. The van der Waals surface area contributed by atoms with E-state index in [2.05, 4.69) is 15.3 Å². The molecule has 1 aromatic carbocycles. The van der Waals surface area contributed by atoms with Crippen LogP contribution in [0.25, 0.3) is 0 Å². The van der Waals surface area contributed by atoms with Crippen LogP contribution in [0.4, 0.5) is 11.6 Å². The minimum atomic E-state index is -0.489. The highest BCUT2D eigenvalue weighted by Gasteiger charge is 2.14. The van der Waals surface area contributed by atoms with E-state index in [1.54, 1.807) is 13.0 Å². The number of nitro benzene ring substituents is 1. The molecule has 2 aromatic rings. The molecule has 0 fully saturated rings. The zero-order valence-electron chi connectivity index (χ0n) is 10.0. The summed E-state index contributed by atoms with van der Waals surface area (Å²) in [5.41, 5.74) is 0.717. The lowest BCUT2D eigenvalue weighted by atomic mass is 10.1. The largest absolute Gasteiger partial charge is 0.290 e. The first-order chi connectivity index (χ1) is 9.08. The van der Waals surface area contributed by atoms with Crippen LogP contribution in [0.3, 0.4) is 0 Å². The molecule has 0 spiro atoms. The lowest BCUT2D eigenvalue weighted by Crippen LogP contribution is -2.14. The van der Waals surface area contributed by atoms with Crippen LogP contribution in [0.2, 0.25) is 0 Å². The third-order valence-corrected chi connectivity index (χ3v) is 2.45. The summed E-state index contributed by atoms with van der Waals surface area (Å²) >= 11 is 0. The van der Waals surface area contributed by atoms with Crippen LogP contribution in [-0.2, 0) is 0 Å². The Kier molecular flexibility index (Phi) is 3.46. The molecule has 0 atom stereocenters. The Labute approximate surface area is 108 Å². The van der Waals surface area contributed by atoms with Gasteiger partial charge in [0.15, 0.2) is 0 Å². The fraction of sp³-hybridized carbons (Fsp3) is 0.0833. The van der Waals surface area contributed by atoms with Crippen molar-refractivity contribution in [2.75, 3.05) is 5.32 Å². The van der Waals surface area contributed by atoms with Gasteiger partial charge in [0.25, 0.3) is 11.6 Å². The summed E-state index contributed by atoms with van der Waals surface area (Å²) in [4.78, 5) is 29.8. The van der Waals surface area contributed by atoms with Crippen molar-refractivity contribution in [3.63, 3.8) is 0 Å². The Morgan fingerprint density at radius 1 is 1.32 bits per heavy atom. The van der Waals surface area contributed by atoms with E-state index < -0.39 is 10.8 Å². The average Bonchev–Trinajstić information content (AvgIpc) is 2.39. The molecule has 0 saturated carbocycles. The van der Waals surface area contributed by atoms with Crippen LogP contribution < -0.4 is 5.32 Å². The number of benzene rings is 1. The van der Waals surface area contributed by atoms with Gasteiger partial charge in [0.05, 0.1) is 4.92 Å². The highest BCUT2D eigenvalue weighted by Crippen LogP contribution is 2.19. The third-order valence-electron chi connectivity index (χ3n) is 2.45. The average molecular weight is 258 g/mol. The number of hydrogen-bond acceptors (Lipinski definition) is 5. The van der Waals surface area contributed by atoms with E-state index in [0.717, 1.165) is 0 Å². The van der Waals surface area contributed by atoms with Gasteiger partial charge in [-0.05, 0) is 25.1 Å². The Balaban J connectivity index is 2.21. The van der Waals surface area contributed by atoms with Gasteiger partial charge in [-0.1, -0.05) is 0 Å². The molecule has 0 aliphatic heterocycles. The normalized spacial score (nSPS) is 9.95. The molecule has 1 N–H and O–H groups in total. The lowest BCUT2D eigenvalue weighted by Gasteiger charge is -2.04. The predicted octanol–water partition coefficient (Wildman–Crippen LogP) is 1.95. The first-order valence-electron chi connectivity index (χ1n) is 5.41. The van der Waals surface area contributed by atoms with Crippen molar-refractivity contribution < 1.29 is 9.72 Å². The highest BCUT2D eigenvalue weighted by atomic mass is 16.6. The van der Waals surface area contributed by atoms with Crippen molar-refractivity contribution in [3.8, 4) is 0 Å². The molecular formula is C12H10N4O3. The van der Waals surface area contributed by atoms with Gasteiger partial charge in [0.1, 0.15) is 0 Å². The summed E-state index contributed by atoms with van der Waals surface area (Å²) in [6.07, 6.45) is 3.01. The number of nitrogens with zero attached hydrogens (tertiary/aromatic N) is 3. The summed E-state index contributed by atoms with van der Waals surface area (Å²) in [6, 6.07) is 5.78. The number of carbonyl (C=O) groups is 1. The molecule has 0 aliphatic carbocycles. The van der Waals surface area contributed by atoms with Crippen molar-refractivity contribution in [1.82, 2.24) is 9.97 Å². The molecule has 0 bridgehead atoms. The minimum Gasteiger partial charge on any atom is -0.290 e. The maximum absolute atomic E-state index is 11.9. The van der Waals surface area contributed by atoms with E-state index in [-0.39, 0.29) is 11.6 Å². The fourth-order valence-corrected chi connectivity index (χ4v) is 1.54. The second-order valence-corrected chi connectivity index (χ2v) is 3.78. The van der Waals surface area contributed by atoms with Gasteiger partial charge in [-0.3, -0.25) is 20.2 Å². The van der Waals surface area contributed by atoms with Crippen LogP contribution in [0.5, 0.6) is 0 Å². The van der Waals surface area contributed by atoms with Gasteiger partial charge in [-0.15, -0.1) is 0 Å². The number of anilines is 1. The topological polar surface area (TPSA) is 98.0 Å². The quantitative estimate of drug-likeness (QED) is 0.670. The molecule has 19 heavy (non-hydrogen) atoms. The Hall–Kier alpha value is -2.83. The monoisotopic (exact) mass is 258 g/mol. The van der Waals surface area contributed by atoms with Crippen molar-refractivity contribution >= 4 is 17.5 Å². The number of carbonyl (C=O) groups excluding carboxylic acids is 1. The number of hydrogen-bond donors (Lipinski definition) is 1. The molecule has 0 saturated heterocycles. The summed E-state index contributed by atoms with van der Waals surface area (Å²) in [5.74, 6) is -0.229.